The lowest BCUT2D eigenvalue weighted by Gasteiger charge is -2.31. The molecule has 1 saturated heterocycles. The van der Waals surface area contributed by atoms with E-state index < -0.39 is 6.61 Å². The summed E-state index contributed by atoms with van der Waals surface area (Å²) < 4.78 is 33.4. The third-order valence-electron chi connectivity index (χ3n) is 3.38. The highest BCUT2D eigenvalue weighted by atomic mass is 19.3. The number of carbonyl (C=O) groups excluding carboxylic acids is 1. The molecule has 116 valence electrons. The number of aromatic nitrogens is 1. The van der Waals surface area contributed by atoms with Gasteiger partial charge in [-0.2, -0.15) is 8.78 Å². The molecule has 0 saturated carbocycles. The van der Waals surface area contributed by atoms with Crippen LogP contribution in [0, 0.1) is 5.92 Å². The van der Waals surface area contributed by atoms with E-state index >= 15 is 0 Å². The van der Waals surface area contributed by atoms with Gasteiger partial charge >= 0.3 is 12.6 Å². The maximum absolute atomic E-state index is 12.1. The molecular weight excluding hydrogens is 282 g/mol. The van der Waals surface area contributed by atoms with E-state index in [1.807, 2.05) is 4.90 Å². The molecule has 0 bridgehead atoms. The molecule has 21 heavy (non-hydrogen) atoms. The van der Waals surface area contributed by atoms with Gasteiger partial charge in [-0.05, 0) is 31.9 Å². The second-order valence-corrected chi connectivity index (χ2v) is 4.74. The monoisotopic (exact) mass is 300 g/mol. The number of rotatable bonds is 5. The molecule has 2 heterocycles. The normalized spacial score (nSPS) is 16.1. The van der Waals surface area contributed by atoms with Crippen molar-refractivity contribution in [3.05, 3.63) is 18.3 Å². The number of halogens is 2. The number of hydrogen-bond acceptors (Lipinski definition) is 5. The highest BCUT2D eigenvalue weighted by Crippen LogP contribution is 2.24. The van der Waals surface area contributed by atoms with Crippen molar-refractivity contribution in [1.82, 2.24) is 4.98 Å². The first-order valence-electron chi connectivity index (χ1n) is 6.92. The lowest BCUT2D eigenvalue weighted by atomic mass is 9.97. The predicted molar refractivity (Wildman–Crippen MR) is 72.4 cm³/mol. The molecule has 0 aromatic carbocycles. The molecule has 1 aromatic heterocycles. The summed E-state index contributed by atoms with van der Waals surface area (Å²) in [4.78, 5) is 17.8. The molecule has 1 aliphatic rings. The summed E-state index contributed by atoms with van der Waals surface area (Å²) in [5.41, 5.74) is 0. The first-order chi connectivity index (χ1) is 10.1. The fourth-order valence-electron chi connectivity index (χ4n) is 2.34. The average molecular weight is 300 g/mol. The summed E-state index contributed by atoms with van der Waals surface area (Å²) in [6.07, 6.45) is 2.69. The van der Waals surface area contributed by atoms with Crippen LogP contribution < -0.4 is 9.64 Å². The Morgan fingerprint density at radius 3 is 2.67 bits per heavy atom. The van der Waals surface area contributed by atoms with Crippen molar-refractivity contribution in [3.8, 4) is 5.75 Å². The van der Waals surface area contributed by atoms with Gasteiger partial charge in [0.15, 0.2) is 0 Å². The zero-order valence-electron chi connectivity index (χ0n) is 11.8. The van der Waals surface area contributed by atoms with Crippen molar-refractivity contribution in [1.29, 1.82) is 0 Å². The van der Waals surface area contributed by atoms with Crippen molar-refractivity contribution in [2.24, 2.45) is 5.92 Å². The lowest BCUT2D eigenvalue weighted by Crippen LogP contribution is -2.37. The van der Waals surface area contributed by atoms with Crippen LogP contribution in [0.4, 0.5) is 14.6 Å². The molecule has 0 unspecified atom stereocenters. The number of alkyl halides is 2. The van der Waals surface area contributed by atoms with E-state index in [0.29, 0.717) is 38.4 Å². The van der Waals surface area contributed by atoms with E-state index in [1.54, 1.807) is 13.0 Å². The molecule has 1 aromatic rings. The van der Waals surface area contributed by atoms with Crippen LogP contribution in [0.2, 0.25) is 0 Å². The molecule has 5 nitrogen and oxygen atoms in total. The van der Waals surface area contributed by atoms with Crippen LogP contribution in [-0.4, -0.2) is 37.3 Å². The topological polar surface area (TPSA) is 51.7 Å². The van der Waals surface area contributed by atoms with E-state index in [9.17, 15) is 13.6 Å². The Morgan fingerprint density at radius 2 is 2.14 bits per heavy atom. The van der Waals surface area contributed by atoms with Crippen LogP contribution in [0.5, 0.6) is 5.75 Å². The van der Waals surface area contributed by atoms with Crippen molar-refractivity contribution < 1.29 is 23.0 Å². The molecule has 2 rings (SSSR count). The van der Waals surface area contributed by atoms with Crippen molar-refractivity contribution in [2.45, 2.75) is 26.4 Å². The number of pyridine rings is 1. The number of carbonyl (C=O) groups is 1. The zero-order valence-corrected chi connectivity index (χ0v) is 11.8. The van der Waals surface area contributed by atoms with Gasteiger partial charge in [0, 0.05) is 13.1 Å². The molecule has 0 amide bonds. The van der Waals surface area contributed by atoms with Crippen LogP contribution in [0.1, 0.15) is 19.8 Å². The van der Waals surface area contributed by atoms with Gasteiger partial charge < -0.3 is 14.4 Å². The molecular formula is C14H18F2N2O3. The summed E-state index contributed by atoms with van der Waals surface area (Å²) >= 11 is 0. The van der Waals surface area contributed by atoms with E-state index in [0.717, 1.165) is 0 Å². The van der Waals surface area contributed by atoms with Gasteiger partial charge in [0.25, 0.3) is 0 Å². The second-order valence-electron chi connectivity index (χ2n) is 4.74. The molecule has 0 aliphatic carbocycles. The summed E-state index contributed by atoms with van der Waals surface area (Å²) in [7, 11) is 0. The number of hydrogen-bond donors (Lipinski definition) is 0. The van der Waals surface area contributed by atoms with Gasteiger partial charge in [-0.15, -0.1) is 0 Å². The van der Waals surface area contributed by atoms with E-state index in [4.69, 9.17) is 4.74 Å². The molecule has 0 atom stereocenters. The molecule has 0 spiro atoms. The Bertz CT molecular complexity index is 460. The third-order valence-corrected chi connectivity index (χ3v) is 3.38. The van der Waals surface area contributed by atoms with Crippen molar-refractivity contribution in [2.75, 3.05) is 24.6 Å². The molecule has 1 fully saturated rings. The summed E-state index contributed by atoms with van der Waals surface area (Å²) in [6.45, 7) is 0.710. The molecule has 0 radical (unpaired) electrons. The standard InChI is InChI=1S/C14H18F2N2O3/c1-2-20-13(19)10-5-7-18(8-6-10)12-4-3-11(9-17-12)21-14(15)16/h3-4,9-10,14H,2,5-8H2,1H3. The minimum absolute atomic E-state index is 0.0372. The minimum atomic E-state index is -2.85. The van der Waals surface area contributed by atoms with Gasteiger partial charge in [-0.1, -0.05) is 0 Å². The van der Waals surface area contributed by atoms with Gasteiger partial charge in [0.2, 0.25) is 0 Å². The number of anilines is 1. The van der Waals surface area contributed by atoms with Crippen LogP contribution in [0.25, 0.3) is 0 Å². The Hall–Kier alpha value is -1.92. The van der Waals surface area contributed by atoms with Crippen molar-refractivity contribution >= 4 is 11.8 Å². The molecule has 1 aliphatic heterocycles. The quantitative estimate of drug-likeness (QED) is 0.782. The zero-order chi connectivity index (χ0) is 15.2. The van der Waals surface area contributed by atoms with Crippen molar-refractivity contribution in [3.63, 3.8) is 0 Å². The van der Waals surface area contributed by atoms with E-state index in [1.165, 1.54) is 12.3 Å². The highest BCUT2D eigenvalue weighted by Gasteiger charge is 2.26. The van der Waals surface area contributed by atoms with Crippen LogP contribution >= 0.6 is 0 Å². The van der Waals surface area contributed by atoms with Crippen LogP contribution in [0.15, 0.2) is 18.3 Å². The smallest absolute Gasteiger partial charge is 0.387 e. The third kappa shape index (κ3) is 4.27. The predicted octanol–water partition coefficient (Wildman–Crippen LogP) is 2.46. The van der Waals surface area contributed by atoms with Crippen LogP contribution in [0.3, 0.4) is 0 Å². The largest absolute Gasteiger partial charge is 0.466 e. The molecule has 0 N–H and O–H groups in total. The maximum Gasteiger partial charge on any atom is 0.387 e. The number of esters is 1. The lowest BCUT2D eigenvalue weighted by molar-refractivity contribution is -0.148. The first-order valence-corrected chi connectivity index (χ1v) is 6.92. The summed E-state index contributed by atoms with van der Waals surface area (Å²) in [6, 6.07) is 3.11. The highest BCUT2D eigenvalue weighted by molar-refractivity contribution is 5.72. The Morgan fingerprint density at radius 1 is 1.43 bits per heavy atom. The summed E-state index contributed by atoms with van der Waals surface area (Å²) in [5, 5.41) is 0. The average Bonchev–Trinajstić information content (AvgIpc) is 2.48. The van der Waals surface area contributed by atoms with Gasteiger partial charge in [-0.25, -0.2) is 4.98 Å². The minimum Gasteiger partial charge on any atom is -0.466 e. The number of piperidine rings is 1. The van der Waals surface area contributed by atoms with Crippen LogP contribution in [-0.2, 0) is 9.53 Å². The van der Waals surface area contributed by atoms with Gasteiger partial charge in [-0.3, -0.25) is 4.79 Å². The Balaban J connectivity index is 1.88. The summed E-state index contributed by atoms with van der Waals surface area (Å²) in [5.74, 6) is 0.516. The van der Waals surface area contributed by atoms with E-state index in [2.05, 4.69) is 9.72 Å². The fraction of sp³-hybridized carbons (Fsp3) is 0.571. The number of nitrogens with zero attached hydrogens (tertiary/aromatic N) is 2. The van der Waals surface area contributed by atoms with Gasteiger partial charge in [0.1, 0.15) is 11.6 Å². The van der Waals surface area contributed by atoms with Gasteiger partial charge in [0.05, 0.1) is 18.7 Å². The first kappa shape index (κ1) is 15.5. The Kier molecular flexibility index (Phi) is 5.30. The second kappa shape index (κ2) is 7.19. The SMILES string of the molecule is CCOC(=O)C1CCN(c2ccc(OC(F)F)cn2)CC1. The van der Waals surface area contributed by atoms with E-state index in [-0.39, 0.29) is 17.6 Å². The maximum atomic E-state index is 12.1. The number of ether oxygens (including phenoxy) is 2. The molecule has 7 heteroatoms. The fourth-order valence-corrected chi connectivity index (χ4v) is 2.34. The Labute approximate surface area is 121 Å².